The molecule has 25 heavy (non-hydrogen) atoms. The summed E-state index contributed by atoms with van der Waals surface area (Å²) >= 11 is 0. The lowest BCUT2D eigenvalue weighted by Crippen LogP contribution is -2.51. The Hall–Kier alpha value is -2.19. The minimum atomic E-state index is -3.75. The van der Waals surface area contributed by atoms with Crippen LogP contribution in [0.2, 0.25) is 0 Å². The number of nitrogens with zero attached hydrogens (tertiary/aromatic N) is 3. The summed E-state index contributed by atoms with van der Waals surface area (Å²) in [6.07, 6.45) is 5.02. The molecule has 1 N–H and O–H groups in total. The molecule has 3 rings (SSSR count). The van der Waals surface area contributed by atoms with Crippen LogP contribution in [-0.2, 0) is 21.4 Å². The molecule has 1 aromatic heterocycles. The van der Waals surface area contributed by atoms with Crippen molar-refractivity contribution in [3.05, 3.63) is 48.3 Å². The van der Waals surface area contributed by atoms with Crippen LogP contribution in [0.5, 0.6) is 0 Å². The average Bonchev–Trinajstić information content (AvgIpc) is 3.11. The highest BCUT2D eigenvalue weighted by Crippen LogP contribution is 2.25. The largest absolute Gasteiger partial charge is 0.358 e. The molecule has 7 nitrogen and oxygen atoms in total. The quantitative estimate of drug-likeness (QED) is 0.867. The van der Waals surface area contributed by atoms with E-state index in [1.807, 2.05) is 30.3 Å². The number of carbonyl (C=O) groups is 1. The van der Waals surface area contributed by atoms with Crippen molar-refractivity contribution in [3.63, 3.8) is 0 Å². The van der Waals surface area contributed by atoms with Crippen molar-refractivity contribution in [1.29, 1.82) is 0 Å². The average molecular weight is 362 g/mol. The minimum absolute atomic E-state index is 0.124. The highest BCUT2D eigenvalue weighted by atomic mass is 32.2. The SMILES string of the molecule is CNC(=O)C1CCCCN1S(=O)(=O)c1cnn(Cc2ccccc2)c1. The lowest BCUT2D eigenvalue weighted by atomic mass is 10.0. The second kappa shape index (κ2) is 7.37. The number of piperidine rings is 1. The highest BCUT2D eigenvalue weighted by molar-refractivity contribution is 7.89. The number of nitrogens with one attached hydrogen (secondary N) is 1. The van der Waals surface area contributed by atoms with E-state index in [4.69, 9.17) is 0 Å². The zero-order chi connectivity index (χ0) is 17.9. The Morgan fingerprint density at radius 1 is 1.28 bits per heavy atom. The van der Waals surface area contributed by atoms with Gasteiger partial charge in [0, 0.05) is 19.8 Å². The summed E-state index contributed by atoms with van der Waals surface area (Å²) in [5.41, 5.74) is 1.04. The predicted molar refractivity (Wildman–Crippen MR) is 93.4 cm³/mol. The van der Waals surface area contributed by atoms with Crippen LogP contribution in [0.1, 0.15) is 24.8 Å². The molecule has 0 aliphatic carbocycles. The molecule has 0 saturated carbocycles. The fourth-order valence-corrected chi connectivity index (χ4v) is 4.70. The van der Waals surface area contributed by atoms with Gasteiger partial charge in [-0.2, -0.15) is 9.40 Å². The number of hydrogen-bond acceptors (Lipinski definition) is 4. The number of likely N-dealkylation sites (N-methyl/N-ethyl adjacent to an activating group) is 1. The first-order valence-corrected chi connectivity index (χ1v) is 9.76. The number of rotatable bonds is 5. The Balaban J connectivity index is 1.83. The van der Waals surface area contributed by atoms with Gasteiger partial charge in [0.2, 0.25) is 15.9 Å². The van der Waals surface area contributed by atoms with E-state index in [1.54, 1.807) is 4.68 Å². The fourth-order valence-electron chi connectivity index (χ4n) is 3.09. The zero-order valence-corrected chi connectivity index (χ0v) is 14.9. The third-order valence-electron chi connectivity index (χ3n) is 4.41. The third-order valence-corrected chi connectivity index (χ3v) is 6.27. The van der Waals surface area contributed by atoms with Gasteiger partial charge >= 0.3 is 0 Å². The lowest BCUT2D eigenvalue weighted by Gasteiger charge is -2.32. The van der Waals surface area contributed by atoms with Gasteiger partial charge in [0.1, 0.15) is 10.9 Å². The Bertz CT molecular complexity index is 833. The van der Waals surface area contributed by atoms with Crippen LogP contribution in [0, 0.1) is 0 Å². The van der Waals surface area contributed by atoms with Crippen LogP contribution in [0.25, 0.3) is 0 Å². The van der Waals surface area contributed by atoms with Crippen LogP contribution >= 0.6 is 0 Å². The molecule has 2 heterocycles. The predicted octanol–water partition coefficient (Wildman–Crippen LogP) is 1.22. The Labute approximate surface area is 147 Å². The number of hydrogen-bond donors (Lipinski definition) is 1. The van der Waals surface area contributed by atoms with Gasteiger partial charge in [-0.15, -0.1) is 0 Å². The number of amides is 1. The Morgan fingerprint density at radius 2 is 2.04 bits per heavy atom. The van der Waals surface area contributed by atoms with Crippen LogP contribution < -0.4 is 5.32 Å². The van der Waals surface area contributed by atoms with E-state index in [2.05, 4.69) is 10.4 Å². The zero-order valence-electron chi connectivity index (χ0n) is 14.1. The first-order valence-electron chi connectivity index (χ1n) is 8.32. The van der Waals surface area contributed by atoms with Crippen molar-refractivity contribution in [3.8, 4) is 0 Å². The standard InChI is InChI=1S/C17H22N4O3S/c1-18-17(22)16-9-5-6-10-21(16)25(23,24)15-11-19-20(13-15)12-14-7-3-2-4-8-14/h2-4,7-8,11,13,16H,5-6,9-10,12H2,1H3,(H,18,22). The molecule has 0 spiro atoms. The van der Waals surface area contributed by atoms with Crippen LogP contribution in [0.15, 0.2) is 47.6 Å². The number of carbonyl (C=O) groups excluding carboxylic acids is 1. The number of benzene rings is 1. The maximum Gasteiger partial charge on any atom is 0.246 e. The molecule has 1 aliphatic heterocycles. The summed E-state index contributed by atoms with van der Waals surface area (Å²) in [4.78, 5) is 12.2. The van der Waals surface area contributed by atoms with E-state index < -0.39 is 16.1 Å². The first kappa shape index (κ1) is 17.6. The maximum atomic E-state index is 13.0. The van der Waals surface area contributed by atoms with E-state index in [-0.39, 0.29) is 10.8 Å². The van der Waals surface area contributed by atoms with Gasteiger partial charge in [-0.1, -0.05) is 36.8 Å². The van der Waals surface area contributed by atoms with E-state index in [0.717, 1.165) is 18.4 Å². The Morgan fingerprint density at radius 3 is 2.76 bits per heavy atom. The molecule has 1 aliphatic rings. The van der Waals surface area contributed by atoms with Crippen molar-refractivity contribution in [1.82, 2.24) is 19.4 Å². The third kappa shape index (κ3) is 3.74. The molecule has 1 aromatic carbocycles. The van der Waals surface area contributed by atoms with E-state index in [1.165, 1.54) is 23.7 Å². The summed E-state index contributed by atoms with van der Waals surface area (Å²) in [7, 11) is -2.22. The second-order valence-corrected chi connectivity index (χ2v) is 7.99. The van der Waals surface area contributed by atoms with E-state index in [9.17, 15) is 13.2 Å². The van der Waals surface area contributed by atoms with E-state index in [0.29, 0.717) is 19.5 Å². The van der Waals surface area contributed by atoms with Crippen molar-refractivity contribution < 1.29 is 13.2 Å². The topological polar surface area (TPSA) is 84.3 Å². The van der Waals surface area contributed by atoms with Gasteiger partial charge in [-0.25, -0.2) is 8.42 Å². The molecular weight excluding hydrogens is 340 g/mol. The summed E-state index contributed by atoms with van der Waals surface area (Å²) in [5.74, 6) is -0.264. The summed E-state index contributed by atoms with van der Waals surface area (Å²) in [6, 6.07) is 9.06. The van der Waals surface area contributed by atoms with Crippen LogP contribution in [-0.4, -0.2) is 48.0 Å². The molecule has 1 unspecified atom stereocenters. The molecule has 0 bridgehead atoms. The fraction of sp³-hybridized carbons (Fsp3) is 0.412. The van der Waals surface area contributed by atoms with Crippen molar-refractivity contribution in [2.24, 2.45) is 0 Å². The van der Waals surface area contributed by atoms with Crippen LogP contribution in [0.3, 0.4) is 0 Å². The van der Waals surface area contributed by atoms with Crippen molar-refractivity contribution >= 4 is 15.9 Å². The molecule has 0 radical (unpaired) electrons. The summed E-state index contributed by atoms with van der Waals surface area (Å²) in [6.45, 7) is 0.847. The molecule has 1 amide bonds. The number of sulfonamides is 1. The summed E-state index contributed by atoms with van der Waals surface area (Å²) in [5, 5.41) is 6.73. The summed E-state index contributed by atoms with van der Waals surface area (Å²) < 4.78 is 28.9. The number of aromatic nitrogens is 2. The van der Waals surface area contributed by atoms with Crippen molar-refractivity contribution in [2.75, 3.05) is 13.6 Å². The van der Waals surface area contributed by atoms with Crippen molar-refractivity contribution in [2.45, 2.75) is 36.7 Å². The second-order valence-electron chi connectivity index (χ2n) is 6.10. The normalized spacial score (nSPS) is 18.8. The highest BCUT2D eigenvalue weighted by Gasteiger charge is 2.37. The minimum Gasteiger partial charge on any atom is -0.358 e. The lowest BCUT2D eigenvalue weighted by molar-refractivity contribution is -0.125. The molecular formula is C17H22N4O3S. The Kier molecular flexibility index (Phi) is 5.19. The molecule has 2 aromatic rings. The van der Waals surface area contributed by atoms with Gasteiger partial charge in [-0.3, -0.25) is 9.48 Å². The monoisotopic (exact) mass is 362 g/mol. The molecule has 8 heteroatoms. The molecule has 134 valence electrons. The molecule has 1 saturated heterocycles. The molecule has 1 fully saturated rings. The first-order chi connectivity index (χ1) is 12.0. The van der Waals surface area contributed by atoms with Gasteiger partial charge < -0.3 is 5.32 Å². The van der Waals surface area contributed by atoms with Gasteiger partial charge in [0.25, 0.3) is 0 Å². The van der Waals surface area contributed by atoms with Crippen LogP contribution in [0.4, 0.5) is 0 Å². The van der Waals surface area contributed by atoms with Gasteiger partial charge in [-0.05, 0) is 18.4 Å². The van der Waals surface area contributed by atoms with Gasteiger partial charge in [0.15, 0.2) is 0 Å². The smallest absolute Gasteiger partial charge is 0.246 e. The maximum absolute atomic E-state index is 13.0. The van der Waals surface area contributed by atoms with E-state index >= 15 is 0 Å². The molecule has 1 atom stereocenters. The van der Waals surface area contributed by atoms with Gasteiger partial charge in [0.05, 0.1) is 12.7 Å².